The highest BCUT2D eigenvalue weighted by atomic mass is 16.5. The number of anilines is 1. The molecular weight excluding hydrogens is 404 g/mol. The maximum atomic E-state index is 5.85. The van der Waals surface area contributed by atoms with E-state index >= 15 is 0 Å². The van der Waals surface area contributed by atoms with Crippen LogP contribution in [0.15, 0.2) is 77.6 Å². The smallest absolute Gasteiger partial charge is 0.241 e. The monoisotopic (exact) mass is 428 g/mol. The van der Waals surface area contributed by atoms with Crippen molar-refractivity contribution in [2.75, 3.05) is 31.1 Å². The van der Waals surface area contributed by atoms with Crippen molar-refractivity contribution in [2.24, 2.45) is 0 Å². The molecule has 1 aliphatic heterocycles. The number of rotatable bonds is 7. The molecule has 0 amide bonds. The Balaban J connectivity index is 1.14. The number of aromatic nitrogens is 4. The van der Waals surface area contributed by atoms with Crippen LogP contribution in [0.3, 0.4) is 0 Å². The van der Waals surface area contributed by atoms with Gasteiger partial charge in [0.15, 0.2) is 0 Å². The molecular formula is C24H24N6O2. The summed E-state index contributed by atoms with van der Waals surface area (Å²) in [6.07, 6.45) is 3.55. The van der Waals surface area contributed by atoms with Crippen LogP contribution in [-0.4, -0.2) is 51.2 Å². The van der Waals surface area contributed by atoms with Crippen LogP contribution in [0.1, 0.15) is 11.5 Å². The summed E-state index contributed by atoms with van der Waals surface area (Å²) in [5, 5.41) is 4.15. The molecule has 162 valence electrons. The summed E-state index contributed by atoms with van der Waals surface area (Å²) in [4.78, 5) is 17.7. The van der Waals surface area contributed by atoms with Gasteiger partial charge in [-0.2, -0.15) is 4.98 Å². The molecule has 1 saturated heterocycles. The molecule has 0 aliphatic carbocycles. The van der Waals surface area contributed by atoms with Crippen molar-refractivity contribution in [3.05, 3.63) is 84.5 Å². The molecule has 2 aromatic heterocycles. The molecule has 5 rings (SSSR count). The first-order valence-electron chi connectivity index (χ1n) is 10.7. The van der Waals surface area contributed by atoms with Crippen LogP contribution >= 0.6 is 0 Å². The van der Waals surface area contributed by atoms with Gasteiger partial charge in [0.2, 0.25) is 17.7 Å². The van der Waals surface area contributed by atoms with E-state index in [2.05, 4.69) is 29.9 Å². The molecule has 4 aromatic rings. The summed E-state index contributed by atoms with van der Waals surface area (Å²) in [5.74, 6) is 2.80. The van der Waals surface area contributed by atoms with E-state index < -0.39 is 0 Å². The minimum absolute atomic E-state index is 0.538. The van der Waals surface area contributed by atoms with Crippen molar-refractivity contribution in [2.45, 2.75) is 13.2 Å². The highest BCUT2D eigenvalue weighted by Crippen LogP contribution is 2.21. The van der Waals surface area contributed by atoms with Crippen molar-refractivity contribution in [1.82, 2.24) is 25.0 Å². The van der Waals surface area contributed by atoms with Crippen molar-refractivity contribution in [3.63, 3.8) is 0 Å². The standard InChI is InChI=1S/C24H24N6O2/c1-2-5-19(6-3-1)18-31-21-9-7-20(8-10-21)23-27-22(32-28-23)17-29-13-15-30(16-14-29)24-25-11-4-12-26-24/h1-12H,13-18H2. The van der Waals surface area contributed by atoms with Gasteiger partial charge in [-0.1, -0.05) is 35.5 Å². The zero-order valence-corrected chi connectivity index (χ0v) is 17.7. The first kappa shape index (κ1) is 20.1. The van der Waals surface area contributed by atoms with Gasteiger partial charge < -0.3 is 14.2 Å². The second kappa shape index (κ2) is 9.57. The Bertz CT molecular complexity index is 1110. The van der Waals surface area contributed by atoms with Gasteiger partial charge >= 0.3 is 0 Å². The van der Waals surface area contributed by atoms with Crippen molar-refractivity contribution in [3.8, 4) is 17.1 Å². The average molecular weight is 428 g/mol. The fraction of sp³-hybridized carbons (Fsp3) is 0.250. The van der Waals surface area contributed by atoms with Gasteiger partial charge in [-0.3, -0.25) is 4.90 Å². The molecule has 0 atom stereocenters. The quantitative estimate of drug-likeness (QED) is 0.443. The van der Waals surface area contributed by atoms with E-state index in [-0.39, 0.29) is 0 Å². The van der Waals surface area contributed by atoms with E-state index in [9.17, 15) is 0 Å². The normalized spacial score (nSPS) is 14.4. The highest BCUT2D eigenvalue weighted by molar-refractivity contribution is 5.55. The number of hydrogen-bond acceptors (Lipinski definition) is 8. The third-order valence-electron chi connectivity index (χ3n) is 5.40. The lowest BCUT2D eigenvalue weighted by Gasteiger charge is -2.33. The Labute approximate surface area is 186 Å². The van der Waals surface area contributed by atoms with Crippen LogP contribution in [0, 0.1) is 0 Å². The first-order valence-corrected chi connectivity index (χ1v) is 10.7. The summed E-state index contributed by atoms with van der Waals surface area (Å²) in [7, 11) is 0. The van der Waals surface area contributed by atoms with Crippen LogP contribution in [-0.2, 0) is 13.2 Å². The summed E-state index contributed by atoms with van der Waals surface area (Å²) >= 11 is 0. The SMILES string of the molecule is c1ccc(COc2ccc(-c3noc(CN4CCN(c5ncccn5)CC4)n3)cc2)cc1. The predicted octanol–water partition coefficient (Wildman–Crippen LogP) is 3.43. The molecule has 0 radical (unpaired) electrons. The van der Waals surface area contributed by atoms with Gasteiger partial charge in [0.1, 0.15) is 12.4 Å². The lowest BCUT2D eigenvalue weighted by molar-refractivity contribution is 0.214. The van der Waals surface area contributed by atoms with Gasteiger partial charge in [0, 0.05) is 44.1 Å². The van der Waals surface area contributed by atoms with E-state index in [0.29, 0.717) is 24.9 Å². The number of nitrogens with zero attached hydrogens (tertiary/aromatic N) is 6. The van der Waals surface area contributed by atoms with Gasteiger partial charge in [-0.25, -0.2) is 9.97 Å². The molecule has 32 heavy (non-hydrogen) atoms. The summed E-state index contributed by atoms with van der Waals surface area (Å²) < 4.78 is 11.3. The third kappa shape index (κ3) is 4.92. The van der Waals surface area contributed by atoms with Crippen LogP contribution in [0.2, 0.25) is 0 Å². The second-order valence-electron chi connectivity index (χ2n) is 7.62. The molecule has 8 nitrogen and oxygen atoms in total. The molecule has 3 heterocycles. The Morgan fingerprint density at radius 2 is 1.59 bits per heavy atom. The lowest BCUT2D eigenvalue weighted by atomic mass is 10.2. The van der Waals surface area contributed by atoms with Gasteiger partial charge in [0.05, 0.1) is 6.54 Å². The van der Waals surface area contributed by atoms with Crippen molar-refractivity contribution in [1.29, 1.82) is 0 Å². The Morgan fingerprint density at radius 3 is 2.34 bits per heavy atom. The van der Waals surface area contributed by atoms with E-state index in [1.807, 2.05) is 60.7 Å². The van der Waals surface area contributed by atoms with Crippen molar-refractivity contribution >= 4 is 5.95 Å². The largest absolute Gasteiger partial charge is 0.489 e. The van der Waals surface area contributed by atoms with Gasteiger partial charge in [-0.05, 0) is 35.9 Å². The summed E-state index contributed by atoms with van der Waals surface area (Å²) in [6.45, 7) is 4.70. The molecule has 0 bridgehead atoms. The maximum absolute atomic E-state index is 5.85. The first-order chi connectivity index (χ1) is 15.8. The van der Waals surface area contributed by atoms with Crippen molar-refractivity contribution < 1.29 is 9.26 Å². The molecule has 0 unspecified atom stereocenters. The van der Waals surface area contributed by atoms with E-state index in [4.69, 9.17) is 9.26 Å². The van der Waals surface area contributed by atoms with Crippen LogP contribution < -0.4 is 9.64 Å². The number of piperazine rings is 1. The average Bonchev–Trinajstić information content (AvgIpc) is 3.33. The maximum Gasteiger partial charge on any atom is 0.241 e. The minimum atomic E-state index is 0.538. The zero-order valence-electron chi connectivity index (χ0n) is 17.7. The second-order valence-corrected chi connectivity index (χ2v) is 7.62. The molecule has 0 spiro atoms. The van der Waals surface area contributed by atoms with E-state index in [0.717, 1.165) is 49.0 Å². The molecule has 0 N–H and O–H groups in total. The zero-order chi connectivity index (χ0) is 21.6. The molecule has 1 aliphatic rings. The fourth-order valence-electron chi connectivity index (χ4n) is 3.63. The molecule has 2 aromatic carbocycles. The molecule has 8 heteroatoms. The van der Waals surface area contributed by atoms with E-state index in [1.54, 1.807) is 12.4 Å². The Morgan fingerprint density at radius 1 is 0.844 bits per heavy atom. The number of ether oxygens (including phenoxy) is 1. The Kier molecular flexibility index (Phi) is 6.02. The lowest BCUT2D eigenvalue weighted by Crippen LogP contribution is -2.46. The topological polar surface area (TPSA) is 80.4 Å². The van der Waals surface area contributed by atoms with Gasteiger partial charge in [0.25, 0.3) is 0 Å². The minimum Gasteiger partial charge on any atom is -0.489 e. The van der Waals surface area contributed by atoms with Crippen LogP contribution in [0.4, 0.5) is 5.95 Å². The highest BCUT2D eigenvalue weighted by Gasteiger charge is 2.21. The molecule has 0 saturated carbocycles. The van der Waals surface area contributed by atoms with Gasteiger partial charge in [-0.15, -0.1) is 0 Å². The number of hydrogen-bond donors (Lipinski definition) is 0. The van der Waals surface area contributed by atoms with Crippen LogP contribution in [0.25, 0.3) is 11.4 Å². The predicted molar refractivity (Wildman–Crippen MR) is 120 cm³/mol. The van der Waals surface area contributed by atoms with Crippen LogP contribution in [0.5, 0.6) is 5.75 Å². The summed E-state index contributed by atoms with van der Waals surface area (Å²) in [5.41, 5.74) is 2.04. The fourth-order valence-corrected chi connectivity index (χ4v) is 3.63. The van der Waals surface area contributed by atoms with E-state index in [1.165, 1.54) is 0 Å². The Hall–Kier alpha value is -3.78. The molecule has 1 fully saturated rings. The number of benzene rings is 2. The third-order valence-corrected chi connectivity index (χ3v) is 5.40. The summed E-state index contributed by atoms with van der Waals surface area (Å²) in [6, 6.07) is 19.7.